The molecule has 210 valence electrons. The molecule has 3 heterocycles. The van der Waals surface area contributed by atoms with Crippen LogP contribution in [0.5, 0.6) is 0 Å². The van der Waals surface area contributed by atoms with Crippen LogP contribution in [-0.2, 0) is 14.3 Å². The number of hydrogen-bond donors (Lipinski definition) is 4. The summed E-state index contributed by atoms with van der Waals surface area (Å²) in [6.07, 6.45) is 10.2. The second-order valence-corrected chi connectivity index (χ2v) is 8.50. The lowest BCUT2D eigenvalue weighted by Crippen LogP contribution is -2.33. The molecule has 2 aromatic heterocycles. The van der Waals surface area contributed by atoms with Gasteiger partial charge in [-0.3, -0.25) is 0 Å². The summed E-state index contributed by atoms with van der Waals surface area (Å²) in [5.74, 6) is 1.38. The minimum atomic E-state index is 0.0671. The van der Waals surface area contributed by atoms with Gasteiger partial charge in [-0.1, -0.05) is 20.3 Å². The molecule has 11 heteroatoms. The summed E-state index contributed by atoms with van der Waals surface area (Å²) in [4.78, 5) is 24.5. The zero-order chi connectivity index (χ0) is 27.6. The van der Waals surface area contributed by atoms with Gasteiger partial charge in [-0.25, -0.2) is 15.0 Å². The molecule has 4 atom stereocenters. The summed E-state index contributed by atoms with van der Waals surface area (Å²) < 4.78 is 13.3. The van der Waals surface area contributed by atoms with Gasteiger partial charge in [0.1, 0.15) is 18.1 Å². The molecule has 1 saturated carbocycles. The van der Waals surface area contributed by atoms with Gasteiger partial charge < -0.3 is 39.7 Å². The number of aldehydes is 1. The first-order valence-electron chi connectivity index (χ1n) is 13.1. The van der Waals surface area contributed by atoms with Gasteiger partial charge in [0.25, 0.3) is 0 Å². The maximum absolute atomic E-state index is 11.1. The van der Waals surface area contributed by atoms with Crippen molar-refractivity contribution in [3.05, 3.63) is 25.1 Å². The first-order chi connectivity index (χ1) is 18.2. The number of nitrogens with zero attached hydrogens (tertiary/aromatic N) is 4. The van der Waals surface area contributed by atoms with Crippen molar-refractivity contribution >= 4 is 23.3 Å². The summed E-state index contributed by atoms with van der Waals surface area (Å²) in [5.41, 5.74) is 1.62. The Hall–Kier alpha value is -2.76. The van der Waals surface area contributed by atoms with Crippen molar-refractivity contribution in [3.8, 4) is 0 Å². The van der Waals surface area contributed by atoms with E-state index in [1.807, 2.05) is 20.2 Å². The summed E-state index contributed by atoms with van der Waals surface area (Å²) >= 11 is 0. The van der Waals surface area contributed by atoms with E-state index in [0.717, 1.165) is 82.6 Å². The van der Waals surface area contributed by atoms with Gasteiger partial charge in [0, 0.05) is 38.8 Å². The molecule has 0 bridgehead atoms. The predicted octanol–water partition coefficient (Wildman–Crippen LogP) is 3.06. The highest BCUT2D eigenvalue weighted by Crippen LogP contribution is 2.26. The topological polar surface area (TPSA) is 144 Å². The normalized spacial score (nSPS) is 20.8. The third-order valence-electron chi connectivity index (χ3n) is 6.24. The van der Waals surface area contributed by atoms with Gasteiger partial charge in [-0.05, 0) is 45.6 Å². The fourth-order valence-electron chi connectivity index (χ4n) is 4.41. The van der Waals surface area contributed by atoms with Gasteiger partial charge in [-0.15, -0.1) is 0 Å². The van der Waals surface area contributed by atoms with Crippen molar-refractivity contribution < 1.29 is 24.5 Å². The Morgan fingerprint density at radius 1 is 1.24 bits per heavy atom. The smallest absolute Gasteiger partial charge is 0.179 e. The maximum atomic E-state index is 11.1. The van der Waals surface area contributed by atoms with E-state index in [0.29, 0.717) is 19.1 Å². The van der Waals surface area contributed by atoms with Crippen LogP contribution in [0, 0.1) is 5.92 Å². The highest BCUT2D eigenvalue weighted by Gasteiger charge is 2.27. The number of imidazole rings is 1. The average molecular weight is 523 g/mol. The molecule has 0 spiro atoms. The monoisotopic (exact) mass is 522 g/mol. The molecule has 2 aromatic rings. The van der Waals surface area contributed by atoms with Crippen LogP contribution >= 0.6 is 0 Å². The van der Waals surface area contributed by atoms with E-state index in [2.05, 4.69) is 43.7 Å². The molecule has 0 radical (unpaired) electrons. The van der Waals surface area contributed by atoms with E-state index in [1.54, 1.807) is 6.33 Å². The van der Waals surface area contributed by atoms with Gasteiger partial charge in [0.05, 0.1) is 25.6 Å². The van der Waals surface area contributed by atoms with E-state index in [4.69, 9.17) is 19.7 Å². The van der Waals surface area contributed by atoms with Gasteiger partial charge in [-0.2, -0.15) is 0 Å². The van der Waals surface area contributed by atoms with Crippen molar-refractivity contribution in [2.45, 2.75) is 77.4 Å². The number of fused-ring (bicyclic) bond motifs is 1. The fourth-order valence-corrected chi connectivity index (χ4v) is 4.41. The van der Waals surface area contributed by atoms with Crippen molar-refractivity contribution in [2.24, 2.45) is 5.92 Å². The summed E-state index contributed by atoms with van der Waals surface area (Å²) in [6, 6.07) is 0.645. The maximum Gasteiger partial charge on any atom is 0.179 e. The molecule has 0 amide bonds. The van der Waals surface area contributed by atoms with E-state index in [1.165, 1.54) is 0 Å². The first kappa shape index (κ1) is 32.3. The molecule has 2 fully saturated rings. The number of hydrogen-bond acceptors (Lipinski definition) is 10. The van der Waals surface area contributed by atoms with Crippen LogP contribution in [-0.4, -0.2) is 82.1 Å². The number of carbonyl (C=O) groups is 1. The quantitative estimate of drug-likeness (QED) is 0.197. The zero-order valence-corrected chi connectivity index (χ0v) is 23.0. The van der Waals surface area contributed by atoms with Gasteiger partial charge in [0.15, 0.2) is 17.3 Å². The number of rotatable bonds is 11. The van der Waals surface area contributed by atoms with Gasteiger partial charge >= 0.3 is 0 Å². The van der Waals surface area contributed by atoms with Crippen LogP contribution in [0.1, 0.15) is 65.3 Å². The highest BCUT2D eigenvalue weighted by molar-refractivity contribution is 5.82. The van der Waals surface area contributed by atoms with E-state index < -0.39 is 0 Å². The molecule has 37 heavy (non-hydrogen) atoms. The Kier molecular flexibility index (Phi) is 16.1. The molecular formula is C26H46N6O5. The Morgan fingerprint density at radius 2 is 2.00 bits per heavy atom. The Balaban J connectivity index is 0.00000106. The first-order valence-corrected chi connectivity index (χ1v) is 13.1. The molecule has 4 rings (SSSR count). The second-order valence-electron chi connectivity index (χ2n) is 8.50. The van der Waals surface area contributed by atoms with Crippen LogP contribution in [0.25, 0.3) is 11.2 Å². The summed E-state index contributed by atoms with van der Waals surface area (Å²) in [7, 11) is 2.00. The summed E-state index contributed by atoms with van der Waals surface area (Å²) in [6.45, 7) is 12.1. The van der Waals surface area contributed by atoms with Crippen molar-refractivity contribution in [1.82, 2.24) is 24.8 Å². The Labute approximate surface area is 220 Å². The van der Waals surface area contributed by atoms with Crippen LogP contribution in [0.2, 0.25) is 0 Å². The van der Waals surface area contributed by atoms with Crippen LogP contribution in [0.15, 0.2) is 25.1 Å². The van der Waals surface area contributed by atoms with E-state index >= 15 is 0 Å². The third kappa shape index (κ3) is 9.56. The standard InChI is InChI=1S/C22H32N6O3.C2H6.2CH4O/c1-15(5-4-9-31-16(2)26-19-7-3-6-17(19)11-29)28-14-25-20-21(23-13-24-22(20)28)27-18-8-10-30-12-18;3*1-2/h11,13-15,17-19,26H,2-10,12H2,1H3,(H,23,24,27);1-2H3;2*2H,1H3/t15?,17?,18-,19?;;;/m1.../s1. The van der Waals surface area contributed by atoms with E-state index in [-0.39, 0.29) is 24.0 Å². The molecule has 1 aliphatic carbocycles. The number of ether oxygens (including phenoxy) is 2. The predicted molar refractivity (Wildman–Crippen MR) is 145 cm³/mol. The average Bonchev–Trinajstić information content (AvgIpc) is 3.72. The minimum Gasteiger partial charge on any atom is -0.480 e. The fraction of sp³-hybridized carbons (Fsp3) is 0.692. The molecule has 3 unspecified atom stereocenters. The van der Waals surface area contributed by atoms with Crippen LogP contribution in [0.3, 0.4) is 0 Å². The summed E-state index contributed by atoms with van der Waals surface area (Å²) in [5, 5.41) is 20.7. The van der Waals surface area contributed by atoms with Crippen molar-refractivity contribution in [2.75, 3.05) is 39.4 Å². The lowest BCUT2D eigenvalue weighted by atomic mass is 10.1. The largest absolute Gasteiger partial charge is 0.480 e. The number of carbonyl (C=O) groups excluding carboxylic acids is 1. The molecule has 11 nitrogen and oxygen atoms in total. The van der Waals surface area contributed by atoms with Crippen molar-refractivity contribution in [1.29, 1.82) is 0 Å². The molecule has 4 N–H and O–H groups in total. The molecular weight excluding hydrogens is 476 g/mol. The van der Waals surface area contributed by atoms with Crippen molar-refractivity contribution in [3.63, 3.8) is 0 Å². The van der Waals surface area contributed by atoms with Crippen LogP contribution in [0.4, 0.5) is 5.82 Å². The Morgan fingerprint density at radius 3 is 2.68 bits per heavy atom. The number of aliphatic hydroxyl groups excluding tert-OH is 2. The number of nitrogens with one attached hydrogen (secondary N) is 2. The molecule has 1 aliphatic heterocycles. The third-order valence-corrected chi connectivity index (χ3v) is 6.24. The Bertz CT molecular complexity index is 903. The van der Waals surface area contributed by atoms with Crippen LogP contribution < -0.4 is 10.6 Å². The van der Waals surface area contributed by atoms with Gasteiger partial charge in [0.2, 0.25) is 0 Å². The number of aromatic nitrogens is 4. The SMILES string of the molecule is C=C(NC1CCCC1C=O)OCCCC(C)n1cnc2c(N[C@@H]3CCOC3)ncnc21.CC.CO.CO. The van der Waals surface area contributed by atoms with E-state index in [9.17, 15) is 4.79 Å². The number of aliphatic hydroxyl groups is 2. The minimum absolute atomic E-state index is 0.0671. The lowest BCUT2D eigenvalue weighted by molar-refractivity contribution is -0.111. The molecule has 2 aliphatic rings. The lowest BCUT2D eigenvalue weighted by Gasteiger charge is -2.20. The number of anilines is 1. The highest BCUT2D eigenvalue weighted by atomic mass is 16.5. The molecule has 1 saturated heterocycles. The second kappa shape index (κ2) is 18.5. The zero-order valence-electron chi connectivity index (χ0n) is 23.0. The molecule has 0 aromatic carbocycles.